The minimum Gasteiger partial charge on any atom is -0.476 e. The molecule has 2 aromatic rings. The lowest BCUT2D eigenvalue weighted by Gasteiger charge is -2.04. The van der Waals surface area contributed by atoms with Crippen LogP contribution < -0.4 is 5.56 Å². The Labute approximate surface area is 107 Å². The number of thiazole rings is 1. The number of rotatable bonds is 4. The molecule has 0 aliphatic heterocycles. The first-order chi connectivity index (χ1) is 8.56. The molecule has 0 aromatic carbocycles. The van der Waals surface area contributed by atoms with Gasteiger partial charge in [-0.05, 0) is 12.5 Å². The number of aromatic carboxylic acids is 1. The molecule has 0 unspecified atom stereocenters. The summed E-state index contributed by atoms with van der Waals surface area (Å²) in [4.78, 5) is 26.2. The van der Waals surface area contributed by atoms with Gasteiger partial charge < -0.3 is 9.67 Å². The smallest absolute Gasteiger partial charge is 0.355 e. The molecule has 0 saturated heterocycles. The molecular weight excluding hydrogens is 252 g/mol. The number of carboxylic acids is 1. The molecule has 0 spiro atoms. The molecule has 0 saturated carbocycles. The van der Waals surface area contributed by atoms with E-state index in [2.05, 4.69) is 4.98 Å². The standard InChI is InChI=1S/C12H12N2O3S/c1-8-2-3-11(15)14(6-8)5-4-10-13-9(7-18-10)12(16)17/h2-3,6-7H,4-5H2,1H3,(H,16,17). The lowest BCUT2D eigenvalue weighted by atomic mass is 10.3. The number of carboxylic acid groups (broad SMARTS) is 1. The highest BCUT2D eigenvalue weighted by molar-refractivity contribution is 7.09. The quantitative estimate of drug-likeness (QED) is 0.909. The molecule has 5 nitrogen and oxygen atoms in total. The molecule has 0 aliphatic rings. The lowest BCUT2D eigenvalue weighted by molar-refractivity contribution is 0.0691. The average Bonchev–Trinajstić information content (AvgIpc) is 2.79. The largest absolute Gasteiger partial charge is 0.476 e. The summed E-state index contributed by atoms with van der Waals surface area (Å²) in [5.74, 6) is -1.02. The summed E-state index contributed by atoms with van der Waals surface area (Å²) in [6.07, 6.45) is 2.34. The molecule has 1 N–H and O–H groups in total. The van der Waals surface area contributed by atoms with Crippen molar-refractivity contribution in [1.82, 2.24) is 9.55 Å². The van der Waals surface area contributed by atoms with Crippen molar-refractivity contribution < 1.29 is 9.90 Å². The summed E-state index contributed by atoms with van der Waals surface area (Å²) in [7, 11) is 0. The monoisotopic (exact) mass is 264 g/mol. The number of nitrogens with zero attached hydrogens (tertiary/aromatic N) is 2. The molecule has 6 heteroatoms. The molecular formula is C12H12N2O3S. The number of hydrogen-bond donors (Lipinski definition) is 1. The second kappa shape index (κ2) is 5.14. The minimum atomic E-state index is -1.02. The fourth-order valence-electron chi connectivity index (χ4n) is 1.57. The van der Waals surface area contributed by atoms with Gasteiger partial charge in [0.15, 0.2) is 5.69 Å². The van der Waals surface area contributed by atoms with Gasteiger partial charge in [0, 0.05) is 30.6 Å². The Kier molecular flexibility index (Phi) is 3.57. The predicted octanol–water partition coefficient (Wildman–Crippen LogP) is 1.55. The Morgan fingerprint density at radius 3 is 2.94 bits per heavy atom. The van der Waals surface area contributed by atoms with Crippen LogP contribution in [0.1, 0.15) is 21.1 Å². The van der Waals surface area contributed by atoms with Crippen molar-refractivity contribution in [2.75, 3.05) is 0 Å². The van der Waals surface area contributed by atoms with Crippen molar-refractivity contribution in [3.05, 3.63) is 50.3 Å². The Bertz CT molecular complexity index is 630. The fourth-order valence-corrected chi connectivity index (χ4v) is 2.33. The van der Waals surface area contributed by atoms with Gasteiger partial charge in [0.1, 0.15) is 0 Å². The summed E-state index contributed by atoms with van der Waals surface area (Å²) in [5.41, 5.74) is 1.02. The Morgan fingerprint density at radius 2 is 2.28 bits per heavy atom. The van der Waals surface area contributed by atoms with Crippen LogP contribution in [0.3, 0.4) is 0 Å². The summed E-state index contributed by atoms with van der Waals surface area (Å²) in [6, 6.07) is 3.30. The maximum Gasteiger partial charge on any atom is 0.355 e. The first kappa shape index (κ1) is 12.5. The van der Waals surface area contributed by atoms with E-state index in [1.807, 2.05) is 6.92 Å². The highest BCUT2D eigenvalue weighted by Crippen LogP contribution is 2.11. The van der Waals surface area contributed by atoms with Gasteiger partial charge in [0.2, 0.25) is 0 Å². The molecule has 2 heterocycles. The lowest BCUT2D eigenvalue weighted by Crippen LogP contribution is -2.19. The van der Waals surface area contributed by atoms with Crippen LogP contribution in [-0.2, 0) is 13.0 Å². The normalized spacial score (nSPS) is 10.5. The van der Waals surface area contributed by atoms with Gasteiger partial charge >= 0.3 is 5.97 Å². The number of aromatic nitrogens is 2. The van der Waals surface area contributed by atoms with Crippen molar-refractivity contribution in [2.45, 2.75) is 19.9 Å². The summed E-state index contributed by atoms with van der Waals surface area (Å²) < 4.78 is 1.61. The highest BCUT2D eigenvalue weighted by Gasteiger charge is 2.08. The van der Waals surface area contributed by atoms with Crippen molar-refractivity contribution in [1.29, 1.82) is 0 Å². The van der Waals surface area contributed by atoms with E-state index in [4.69, 9.17) is 5.11 Å². The maximum absolute atomic E-state index is 11.6. The average molecular weight is 264 g/mol. The SMILES string of the molecule is Cc1ccc(=O)n(CCc2nc(C(=O)O)cs2)c1. The predicted molar refractivity (Wildman–Crippen MR) is 68.2 cm³/mol. The molecule has 0 bridgehead atoms. The fraction of sp³-hybridized carbons (Fsp3) is 0.250. The van der Waals surface area contributed by atoms with Crippen LogP contribution in [0.2, 0.25) is 0 Å². The first-order valence-electron chi connectivity index (χ1n) is 5.41. The molecule has 94 valence electrons. The zero-order valence-electron chi connectivity index (χ0n) is 9.79. The molecule has 2 rings (SSSR count). The second-order valence-electron chi connectivity index (χ2n) is 3.92. The van der Waals surface area contributed by atoms with E-state index in [1.54, 1.807) is 16.8 Å². The van der Waals surface area contributed by atoms with Crippen molar-refractivity contribution in [2.24, 2.45) is 0 Å². The number of carbonyl (C=O) groups is 1. The van der Waals surface area contributed by atoms with Gasteiger partial charge in [-0.25, -0.2) is 9.78 Å². The maximum atomic E-state index is 11.6. The van der Waals surface area contributed by atoms with Gasteiger partial charge in [-0.15, -0.1) is 11.3 Å². The molecule has 18 heavy (non-hydrogen) atoms. The van der Waals surface area contributed by atoms with Crippen LogP contribution in [0, 0.1) is 6.92 Å². The third-order valence-corrected chi connectivity index (χ3v) is 3.38. The van der Waals surface area contributed by atoms with E-state index in [9.17, 15) is 9.59 Å². The van der Waals surface area contributed by atoms with Crippen LogP contribution in [-0.4, -0.2) is 20.6 Å². The topological polar surface area (TPSA) is 72.2 Å². The van der Waals surface area contributed by atoms with Crippen LogP contribution in [0.25, 0.3) is 0 Å². The Hall–Kier alpha value is -1.95. The zero-order chi connectivity index (χ0) is 13.1. The van der Waals surface area contributed by atoms with Crippen LogP contribution in [0.5, 0.6) is 0 Å². The molecule has 0 aliphatic carbocycles. The Morgan fingerprint density at radius 1 is 1.50 bits per heavy atom. The van der Waals surface area contributed by atoms with E-state index in [1.165, 1.54) is 22.8 Å². The molecule has 0 atom stereocenters. The molecule has 0 fully saturated rings. The van der Waals surface area contributed by atoms with E-state index in [0.717, 1.165) is 10.6 Å². The van der Waals surface area contributed by atoms with E-state index >= 15 is 0 Å². The highest BCUT2D eigenvalue weighted by atomic mass is 32.1. The molecule has 0 radical (unpaired) electrons. The van der Waals surface area contributed by atoms with Gasteiger partial charge in [-0.3, -0.25) is 4.79 Å². The van der Waals surface area contributed by atoms with Crippen molar-refractivity contribution >= 4 is 17.3 Å². The number of hydrogen-bond acceptors (Lipinski definition) is 4. The van der Waals surface area contributed by atoms with Crippen molar-refractivity contribution in [3.8, 4) is 0 Å². The minimum absolute atomic E-state index is 0.0596. The van der Waals surface area contributed by atoms with Crippen LogP contribution in [0.15, 0.2) is 28.5 Å². The third kappa shape index (κ3) is 2.84. The van der Waals surface area contributed by atoms with E-state index < -0.39 is 5.97 Å². The van der Waals surface area contributed by atoms with Gasteiger partial charge in [-0.2, -0.15) is 0 Å². The first-order valence-corrected chi connectivity index (χ1v) is 6.29. The van der Waals surface area contributed by atoms with Crippen LogP contribution >= 0.6 is 11.3 Å². The summed E-state index contributed by atoms with van der Waals surface area (Å²) >= 11 is 1.30. The van der Waals surface area contributed by atoms with Gasteiger partial charge in [0.25, 0.3) is 5.56 Å². The zero-order valence-corrected chi connectivity index (χ0v) is 10.6. The Balaban J connectivity index is 2.09. The summed E-state index contributed by atoms with van der Waals surface area (Å²) in [5, 5.41) is 11.0. The number of pyridine rings is 1. The summed E-state index contributed by atoms with van der Waals surface area (Å²) in [6.45, 7) is 2.43. The second-order valence-corrected chi connectivity index (χ2v) is 4.86. The van der Waals surface area contributed by atoms with E-state index in [0.29, 0.717) is 13.0 Å². The van der Waals surface area contributed by atoms with Gasteiger partial charge in [-0.1, -0.05) is 6.07 Å². The molecule has 0 amide bonds. The molecule has 2 aromatic heterocycles. The van der Waals surface area contributed by atoms with E-state index in [-0.39, 0.29) is 11.3 Å². The van der Waals surface area contributed by atoms with Crippen LogP contribution in [0.4, 0.5) is 0 Å². The third-order valence-electron chi connectivity index (χ3n) is 2.47. The number of aryl methyl sites for hydroxylation is 3. The van der Waals surface area contributed by atoms with Crippen molar-refractivity contribution in [3.63, 3.8) is 0 Å². The van der Waals surface area contributed by atoms with Gasteiger partial charge in [0.05, 0.1) is 5.01 Å².